The van der Waals surface area contributed by atoms with E-state index in [-0.39, 0.29) is 24.3 Å². The van der Waals surface area contributed by atoms with Crippen molar-refractivity contribution in [2.75, 3.05) is 0 Å². The third kappa shape index (κ3) is 6.25. The first-order valence-electron chi connectivity index (χ1n) is 9.39. The molecule has 0 aliphatic rings. The van der Waals surface area contributed by atoms with Gasteiger partial charge in [0.25, 0.3) is 0 Å². The molecule has 0 aliphatic heterocycles. The van der Waals surface area contributed by atoms with Crippen LogP contribution in [0, 0.1) is 0 Å². The smallest absolute Gasteiger partial charge is 0.243 e. The number of halogens is 2. The Bertz CT molecular complexity index is 806. The van der Waals surface area contributed by atoms with Crippen molar-refractivity contribution in [2.45, 2.75) is 52.2 Å². The highest BCUT2D eigenvalue weighted by atomic mass is 35.5. The molecule has 0 saturated carbocycles. The number of amides is 2. The topological polar surface area (TPSA) is 49.4 Å². The minimum atomic E-state index is -0.562. The monoisotopic (exact) mass is 420 g/mol. The summed E-state index contributed by atoms with van der Waals surface area (Å²) in [6.45, 7) is 6.03. The molecule has 0 aliphatic carbocycles. The molecule has 0 aromatic heterocycles. The summed E-state index contributed by atoms with van der Waals surface area (Å²) in [6, 6.07) is 14.0. The third-order valence-electron chi connectivity index (χ3n) is 4.38. The number of hydrogen-bond acceptors (Lipinski definition) is 2. The number of carbonyl (C=O) groups is 2. The van der Waals surface area contributed by atoms with Crippen LogP contribution in [0.15, 0.2) is 48.5 Å². The number of nitrogens with one attached hydrogen (secondary N) is 1. The van der Waals surface area contributed by atoms with Crippen molar-refractivity contribution < 1.29 is 9.59 Å². The van der Waals surface area contributed by atoms with E-state index >= 15 is 0 Å². The molecule has 0 bridgehead atoms. The largest absolute Gasteiger partial charge is 0.352 e. The molecule has 0 unspecified atom stereocenters. The van der Waals surface area contributed by atoms with Gasteiger partial charge in [0.15, 0.2) is 0 Å². The number of nitrogens with zero attached hydrogens (tertiary/aromatic N) is 1. The Morgan fingerprint density at radius 3 is 2.25 bits per heavy atom. The van der Waals surface area contributed by atoms with Gasteiger partial charge < -0.3 is 10.2 Å². The number of hydrogen-bond donors (Lipinski definition) is 1. The lowest BCUT2D eigenvalue weighted by atomic mass is 10.1. The maximum atomic E-state index is 13.2. The van der Waals surface area contributed by atoms with Crippen LogP contribution in [0.3, 0.4) is 0 Å². The average Bonchev–Trinajstić information content (AvgIpc) is 2.64. The molecule has 150 valence electrons. The quantitative estimate of drug-likeness (QED) is 0.661. The van der Waals surface area contributed by atoms with E-state index in [9.17, 15) is 9.59 Å². The summed E-state index contributed by atoms with van der Waals surface area (Å²) in [6.07, 6.45) is 0.652. The van der Waals surface area contributed by atoms with E-state index in [1.54, 1.807) is 23.1 Å². The number of benzene rings is 2. The van der Waals surface area contributed by atoms with E-state index < -0.39 is 6.04 Å². The van der Waals surface area contributed by atoms with Crippen LogP contribution >= 0.6 is 23.2 Å². The third-order valence-corrected chi connectivity index (χ3v) is 5.00. The van der Waals surface area contributed by atoms with E-state index in [2.05, 4.69) is 5.32 Å². The predicted octanol–water partition coefficient (Wildman–Crippen LogP) is 4.87. The molecule has 1 atom stereocenters. The fraction of sp³-hybridized carbons (Fsp3) is 0.364. The Morgan fingerprint density at radius 1 is 1.04 bits per heavy atom. The second kappa shape index (κ2) is 10.5. The van der Waals surface area contributed by atoms with E-state index in [1.165, 1.54) is 0 Å². The molecule has 0 spiro atoms. The maximum Gasteiger partial charge on any atom is 0.243 e. The molecule has 0 fully saturated rings. The minimum Gasteiger partial charge on any atom is -0.352 e. The van der Waals surface area contributed by atoms with E-state index in [4.69, 9.17) is 23.2 Å². The zero-order chi connectivity index (χ0) is 20.7. The van der Waals surface area contributed by atoms with Crippen LogP contribution in [0.4, 0.5) is 0 Å². The predicted molar refractivity (Wildman–Crippen MR) is 115 cm³/mol. The van der Waals surface area contributed by atoms with Gasteiger partial charge in [-0.05, 0) is 49.6 Å². The molecule has 2 amide bonds. The Morgan fingerprint density at radius 2 is 1.68 bits per heavy atom. The molecule has 1 N–H and O–H groups in total. The van der Waals surface area contributed by atoms with Gasteiger partial charge in [0.2, 0.25) is 11.8 Å². The van der Waals surface area contributed by atoms with Gasteiger partial charge in [-0.15, -0.1) is 0 Å². The normalized spacial score (nSPS) is 11.9. The van der Waals surface area contributed by atoms with Gasteiger partial charge >= 0.3 is 0 Å². The molecule has 2 aromatic rings. The summed E-state index contributed by atoms with van der Waals surface area (Å²) in [4.78, 5) is 27.6. The van der Waals surface area contributed by atoms with Crippen molar-refractivity contribution in [3.05, 3.63) is 69.7 Å². The van der Waals surface area contributed by atoms with Gasteiger partial charge in [-0.2, -0.15) is 0 Å². The van der Waals surface area contributed by atoms with Crippen molar-refractivity contribution in [3.63, 3.8) is 0 Å². The fourth-order valence-electron chi connectivity index (χ4n) is 2.99. The summed E-state index contributed by atoms with van der Waals surface area (Å²) in [7, 11) is 0. The Labute approximate surface area is 176 Å². The fourth-order valence-corrected chi connectivity index (χ4v) is 3.32. The molecule has 0 heterocycles. The molecular weight excluding hydrogens is 395 g/mol. The maximum absolute atomic E-state index is 13.2. The highest BCUT2D eigenvalue weighted by Gasteiger charge is 2.29. The summed E-state index contributed by atoms with van der Waals surface area (Å²) in [5, 5.41) is 4.09. The van der Waals surface area contributed by atoms with Crippen LogP contribution in [0.5, 0.6) is 0 Å². The first-order valence-corrected chi connectivity index (χ1v) is 10.1. The molecule has 0 radical (unpaired) electrons. The number of rotatable bonds is 8. The van der Waals surface area contributed by atoms with Gasteiger partial charge in [-0.3, -0.25) is 9.59 Å². The standard InChI is InChI=1S/C22H26Cl2N2O2/c1-4-20(22(28)25-15(2)3)26(14-16-9-11-18(23)12-10-16)21(27)13-17-7-5-6-8-19(17)24/h5-12,15,20H,4,13-14H2,1-3H3,(H,25,28)/t20-/m0/s1. The molecule has 6 heteroatoms. The van der Waals surface area contributed by atoms with Gasteiger partial charge in [-0.25, -0.2) is 0 Å². The van der Waals surface area contributed by atoms with E-state index in [0.29, 0.717) is 23.0 Å². The minimum absolute atomic E-state index is 0.00222. The SMILES string of the molecule is CC[C@@H](C(=O)NC(C)C)N(Cc1ccc(Cl)cc1)C(=O)Cc1ccccc1Cl. The number of carbonyl (C=O) groups excluding carboxylic acids is 2. The first-order chi connectivity index (χ1) is 13.3. The Hall–Kier alpha value is -2.04. The van der Waals surface area contributed by atoms with Gasteiger partial charge in [0.05, 0.1) is 6.42 Å². The lowest BCUT2D eigenvalue weighted by molar-refractivity contribution is -0.141. The highest BCUT2D eigenvalue weighted by Crippen LogP contribution is 2.20. The van der Waals surface area contributed by atoms with Gasteiger partial charge in [-0.1, -0.05) is 60.5 Å². The van der Waals surface area contributed by atoms with E-state index in [0.717, 1.165) is 11.1 Å². The molecule has 2 rings (SSSR count). The van der Waals surface area contributed by atoms with Crippen molar-refractivity contribution in [1.82, 2.24) is 10.2 Å². The summed E-state index contributed by atoms with van der Waals surface area (Å²) in [5.41, 5.74) is 1.65. The molecular formula is C22H26Cl2N2O2. The molecule has 4 nitrogen and oxygen atoms in total. The second-order valence-electron chi connectivity index (χ2n) is 7.00. The van der Waals surface area contributed by atoms with Crippen LogP contribution in [-0.4, -0.2) is 28.8 Å². The summed E-state index contributed by atoms with van der Waals surface area (Å²) in [5.74, 6) is -0.298. The van der Waals surface area contributed by atoms with Crippen LogP contribution < -0.4 is 5.32 Å². The Balaban J connectivity index is 2.30. The lowest BCUT2D eigenvalue weighted by Gasteiger charge is -2.31. The molecule has 0 saturated heterocycles. The van der Waals surface area contributed by atoms with Crippen LogP contribution in [0.1, 0.15) is 38.3 Å². The second-order valence-corrected chi connectivity index (χ2v) is 7.85. The van der Waals surface area contributed by atoms with E-state index in [1.807, 2.05) is 51.1 Å². The van der Waals surface area contributed by atoms with Crippen molar-refractivity contribution in [1.29, 1.82) is 0 Å². The van der Waals surface area contributed by atoms with Crippen LogP contribution in [0.2, 0.25) is 10.0 Å². The Kier molecular flexibility index (Phi) is 8.34. The van der Waals surface area contributed by atoms with Gasteiger partial charge in [0.1, 0.15) is 6.04 Å². The highest BCUT2D eigenvalue weighted by molar-refractivity contribution is 6.31. The van der Waals surface area contributed by atoms with Crippen molar-refractivity contribution >= 4 is 35.0 Å². The molecule has 28 heavy (non-hydrogen) atoms. The average molecular weight is 421 g/mol. The van der Waals surface area contributed by atoms with Crippen molar-refractivity contribution in [3.8, 4) is 0 Å². The first kappa shape index (κ1) is 22.3. The van der Waals surface area contributed by atoms with Crippen molar-refractivity contribution in [2.24, 2.45) is 0 Å². The van der Waals surface area contributed by atoms with Crippen LogP contribution in [0.25, 0.3) is 0 Å². The summed E-state index contributed by atoms with van der Waals surface area (Å²) < 4.78 is 0. The summed E-state index contributed by atoms with van der Waals surface area (Å²) >= 11 is 12.2. The molecule has 2 aromatic carbocycles. The van der Waals surface area contributed by atoms with Crippen LogP contribution in [-0.2, 0) is 22.6 Å². The zero-order valence-electron chi connectivity index (χ0n) is 16.4. The zero-order valence-corrected chi connectivity index (χ0v) is 17.9. The van der Waals surface area contributed by atoms with Gasteiger partial charge in [0, 0.05) is 22.6 Å². The lowest BCUT2D eigenvalue weighted by Crippen LogP contribution is -2.50.